The normalized spacial score (nSPS) is 11.9. The number of fused-ring (bicyclic) bond motifs is 1. The summed E-state index contributed by atoms with van der Waals surface area (Å²) in [5.74, 6) is 0. The second-order valence-corrected chi connectivity index (χ2v) is 6.15. The number of rotatable bonds is 3. The first-order valence-electron chi connectivity index (χ1n) is 5.08. The van der Waals surface area contributed by atoms with Gasteiger partial charge in [-0.25, -0.2) is 0 Å². The van der Waals surface area contributed by atoms with Crippen molar-refractivity contribution in [3.8, 4) is 0 Å². The molecule has 0 atom stereocenters. The molecule has 0 spiro atoms. The van der Waals surface area contributed by atoms with Crippen LogP contribution < -0.4 is 0 Å². The molecule has 0 unspecified atom stereocenters. The summed E-state index contributed by atoms with van der Waals surface area (Å²) in [7, 11) is -4.15. The number of hydrogen-bond acceptors (Lipinski definition) is 2. The minimum absolute atomic E-state index is 0.0212. The maximum atomic E-state index is 11.3. The molecule has 0 heterocycles. The number of aryl methyl sites for hydroxylation is 1. The zero-order valence-corrected chi connectivity index (χ0v) is 11.9. The molecule has 0 saturated heterocycles. The lowest BCUT2D eigenvalue weighted by molar-refractivity contribution is 0.482. The van der Waals surface area contributed by atoms with Gasteiger partial charge in [0.15, 0.2) is 0 Å². The van der Waals surface area contributed by atoms with Gasteiger partial charge in [-0.15, -0.1) is 0 Å². The van der Waals surface area contributed by atoms with Crippen molar-refractivity contribution >= 4 is 43.5 Å². The Balaban J connectivity index is 2.82. The molecule has 17 heavy (non-hydrogen) atoms. The molecule has 0 aromatic heterocycles. The van der Waals surface area contributed by atoms with Crippen LogP contribution in [0.5, 0.6) is 0 Å². The van der Waals surface area contributed by atoms with Crippen molar-refractivity contribution in [2.45, 2.75) is 11.3 Å². The highest BCUT2D eigenvalue weighted by Gasteiger charge is 2.16. The van der Waals surface area contributed by atoms with Crippen LogP contribution in [0.4, 0.5) is 0 Å². The summed E-state index contributed by atoms with van der Waals surface area (Å²) in [6, 6.07) is 10.8. The predicted molar refractivity (Wildman–Crippen MR) is 76.4 cm³/mol. The number of alkyl halides is 1. The third-order valence-corrected chi connectivity index (χ3v) is 4.10. The Bertz CT molecular complexity index is 650. The zero-order valence-electron chi connectivity index (χ0n) is 8.93. The molecule has 0 aliphatic heterocycles. The molecular weight excluding hydrogens is 351 g/mol. The summed E-state index contributed by atoms with van der Waals surface area (Å²) in [4.78, 5) is 0.0212. The molecule has 2 aromatic carbocycles. The van der Waals surface area contributed by atoms with Crippen LogP contribution in [-0.4, -0.2) is 17.4 Å². The molecule has 0 fully saturated rings. The van der Waals surface area contributed by atoms with Gasteiger partial charge in [-0.3, -0.25) is 4.55 Å². The number of benzene rings is 2. The minimum atomic E-state index is -4.15. The fourth-order valence-corrected chi connectivity index (χ4v) is 3.21. The topological polar surface area (TPSA) is 54.4 Å². The van der Waals surface area contributed by atoms with E-state index in [4.69, 9.17) is 0 Å². The summed E-state index contributed by atoms with van der Waals surface area (Å²) < 4.78 is 32.7. The first-order chi connectivity index (χ1) is 8.04. The second-order valence-electron chi connectivity index (χ2n) is 3.68. The highest BCUT2D eigenvalue weighted by Crippen LogP contribution is 2.26. The van der Waals surface area contributed by atoms with Gasteiger partial charge in [0.25, 0.3) is 10.1 Å². The highest BCUT2D eigenvalue weighted by molar-refractivity contribution is 14.1. The molecule has 90 valence electrons. The van der Waals surface area contributed by atoms with Gasteiger partial charge in [0, 0.05) is 4.43 Å². The lowest BCUT2D eigenvalue weighted by Crippen LogP contribution is -2.04. The van der Waals surface area contributed by atoms with Crippen LogP contribution in [0.2, 0.25) is 0 Å². The molecule has 0 aliphatic rings. The standard InChI is InChI=1S/C12H11IO3S/c13-8-7-11-10-4-2-1-3-9(10)5-6-12(11)17(14,15)16/h1-6H,7-8H2,(H,14,15,16). The van der Waals surface area contributed by atoms with Crippen LogP contribution in [0.25, 0.3) is 10.8 Å². The molecule has 0 amide bonds. The first kappa shape index (κ1) is 12.8. The van der Waals surface area contributed by atoms with Crippen molar-refractivity contribution < 1.29 is 13.0 Å². The maximum Gasteiger partial charge on any atom is 0.294 e. The zero-order chi connectivity index (χ0) is 12.5. The van der Waals surface area contributed by atoms with Gasteiger partial charge >= 0.3 is 0 Å². The van der Waals surface area contributed by atoms with Crippen molar-refractivity contribution in [3.63, 3.8) is 0 Å². The average molecular weight is 362 g/mol. The molecule has 0 bridgehead atoms. The van der Waals surface area contributed by atoms with Crippen LogP contribution >= 0.6 is 22.6 Å². The van der Waals surface area contributed by atoms with Crippen molar-refractivity contribution in [1.29, 1.82) is 0 Å². The summed E-state index contributed by atoms with van der Waals surface area (Å²) >= 11 is 2.19. The van der Waals surface area contributed by atoms with E-state index in [1.165, 1.54) is 6.07 Å². The van der Waals surface area contributed by atoms with Crippen molar-refractivity contribution in [1.82, 2.24) is 0 Å². The van der Waals surface area contributed by atoms with Crippen molar-refractivity contribution in [3.05, 3.63) is 42.0 Å². The fraction of sp³-hybridized carbons (Fsp3) is 0.167. The molecule has 3 nitrogen and oxygen atoms in total. The van der Waals surface area contributed by atoms with Gasteiger partial charge in [0.05, 0.1) is 4.90 Å². The SMILES string of the molecule is O=S(=O)(O)c1ccc2ccccc2c1CCI. The fourth-order valence-electron chi connectivity index (χ4n) is 1.91. The third kappa shape index (κ3) is 2.61. The largest absolute Gasteiger partial charge is 0.294 e. The van der Waals surface area contributed by atoms with E-state index in [-0.39, 0.29) is 4.90 Å². The second kappa shape index (κ2) is 4.91. The predicted octanol–water partition coefficient (Wildman–Crippen LogP) is 3.06. The molecule has 0 aliphatic carbocycles. The molecular formula is C12H11IO3S. The van der Waals surface area contributed by atoms with Gasteiger partial charge in [-0.2, -0.15) is 8.42 Å². The van der Waals surface area contributed by atoms with E-state index in [0.29, 0.717) is 12.0 Å². The van der Waals surface area contributed by atoms with Gasteiger partial charge < -0.3 is 0 Å². The Morgan fingerprint density at radius 3 is 2.47 bits per heavy atom. The van der Waals surface area contributed by atoms with Gasteiger partial charge in [-0.1, -0.05) is 52.9 Å². The molecule has 2 aromatic rings. The Hall–Kier alpha value is -0.660. The average Bonchev–Trinajstić information content (AvgIpc) is 2.28. The van der Waals surface area contributed by atoms with E-state index >= 15 is 0 Å². The Kier molecular flexibility index (Phi) is 3.70. The van der Waals surface area contributed by atoms with E-state index in [1.807, 2.05) is 24.3 Å². The third-order valence-electron chi connectivity index (χ3n) is 2.62. The summed E-state index contributed by atoms with van der Waals surface area (Å²) in [6.45, 7) is 0. The molecule has 2 rings (SSSR count). The molecule has 1 N–H and O–H groups in total. The van der Waals surface area contributed by atoms with E-state index in [0.717, 1.165) is 15.2 Å². The molecule has 0 radical (unpaired) electrons. The maximum absolute atomic E-state index is 11.3. The smallest absolute Gasteiger partial charge is 0.282 e. The van der Waals surface area contributed by atoms with Gasteiger partial charge in [0.2, 0.25) is 0 Å². The first-order valence-corrected chi connectivity index (χ1v) is 8.04. The lowest BCUT2D eigenvalue weighted by atomic mass is 10.0. The Morgan fingerprint density at radius 2 is 1.82 bits per heavy atom. The number of hydrogen-bond donors (Lipinski definition) is 1. The molecule has 5 heteroatoms. The summed E-state index contributed by atoms with van der Waals surface area (Å²) in [6.07, 6.45) is 0.622. The van der Waals surface area contributed by atoms with Crippen LogP contribution in [0, 0.1) is 0 Å². The Morgan fingerprint density at radius 1 is 1.12 bits per heavy atom. The molecule has 0 saturated carbocycles. The summed E-state index contributed by atoms with van der Waals surface area (Å²) in [5.41, 5.74) is 0.694. The highest BCUT2D eigenvalue weighted by atomic mass is 127. The van der Waals surface area contributed by atoms with Crippen molar-refractivity contribution in [2.75, 3.05) is 4.43 Å². The van der Waals surface area contributed by atoms with Crippen LogP contribution in [0.15, 0.2) is 41.3 Å². The monoisotopic (exact) mass is 362 g/mol. The lowest BCUT2D eigenvalue weighted by Gasteiger charge is -2.09. The van der Waals surface area contributed by atoms with E-state index in [1.54, 1.807) is 6.07 Å². The van der Waals surface area contributed by atoms with Gasteiger partial charge in [-0.05, 0) is 28.8 Å². The van der Waals surface area contributed by atoms with Gasteiger partial charge in [0.1, 0.15) is 0 Å². The van der Waals surface area contributed by atoms with Crippen LogP contribution in [-0.2, 0) is 16.5 Å². The van der Waals surface area contributed by atoms with E-state index in [9.17, 15) is 13.0 Å². The number of halogens is 1. The summed E-state index contributed by atoms with van der Waals surface area (Å²) in [5, 5.41) is 1.87. The van der Waals surface area contributed by atoms with Crippen molar-refractivity contribution in [2.24, 2.45) is 0 Å². The van der Waals surface area contributed by atoms with E-state index in [2.05, 4.69) is 22.6 Å². The van der Waals surface area contributed by atoms with Crippen LogP contribution in [0.3, 0.4) is 0 Å². The minimum Gasteiger partial charge on any atom is -0.282 e. The Labute approximate surface area is 114 Å². The van der Waals surface area contributed by atoms with Crippen LogP contribution in [0.1, 0.15) is 5.56 Å². The quantitative estimate of drug-likeness (QED) is 0.519. The van der Waals surface area contributed by atoms with E-state index < -0.39 is 10.1 Å².